The van der Waals surface area contributed by atoms with Crippen LogP contribution in [0, 0.1) is 0 Å². The van der Waals surface area contributed by atoms with Gasteiger partial charge in [0.25, 0.3) is 0 Å². The van der Waals surface area contributed by atoms with Gasteiger partial charge in [-0.05, 0) is 24.3 Å². The van der Waals surface area contributed by atoms with Gasteiger partial charge in [0, 0.05) is 18.8 Å². The second-order valence-corrected chi connectivity index (χ2v) is 3.99. The van der Waals surface area contributed by atoms with Crippen LogP contribution in [0.3, 0.4) is 0 Å². The molecule has 0 saturated carbocycles. The number of nitrogens with one attached hydrogen (secondary N) is 2. The van der Waals surface area contributed by atoms with E-state index in [1.54, 1.807) is 42.5 Å². The first-order valence-corrected chi connectivity index (χ1v) is 6.21. The summed E-state index contributed by atoms with van der Waals surface area (Å²) in [5.74, 6) is 0.750. The number of rotatable bonds is 3. The van der Waals surface area contributed by atoms with Crippen molar-refractivity contribution in [3.8, 4) is 11.5 Å². The Morgan fingerprint density at radius 2 is 1.52 bits per heavy atom. The molecule has 0 aliphatic carbocycles. The zero-order valence-corrected chi connectivity index (χ0v) is 11.3. The maximum Gasteiger partial charge on any atom is 0.417 e. The molecule has 0 heterocycles. The third-order valence-electron chi connectivity index (χ3n) is 2.45. The molecule has 0 aliphatic heterocycles. The average Bonchev–Trinajstić information content (AvgIpc) is 2.48. The van der Waals surface area contributed by atoms with Crippen LogP contribution >= 0.6 is 0 Å². The summed E-state index contributed by atoms with van der Waals surface area (Å²) in [5, 5.41) is 4.88. The summed E-state index contributed by atoms with van der Waals surface area (Å²) in [6.07, 6.45) is -1.21. The summed E-state index contributed by atoms with van der Waals surface area (Å²) in [7, 11) is 1.46. The van der Waals surface area contributed by atoms with Gasteiger partial charge in [0.1, 0.15) is 11.5 Å². The largest absolute Gasteiger partial charge is 0.417 e. The molecule has 0 spiro atoms. The summed E-state index contributed by atoms with van der Waals surface area (Å²) >= 11 is 0. The van der Waals surface area contributed by atoms with Gasteiger partial charge in [0.2, 0.25) is 0 Å². The molecular weight excluding hydrogens is 272 g/mol. The van der Waals surface area contributed by atoms with E-state index in [-0.39, 0.29) is 0 Å². The maximum atomic E-state index is 11.7. The van der Waals surface area contributed by atoms with Gasteiger partial charge >= 0.3 is 12.2 Å². The molecule has 0 aliphatic rings. The monoisotopic (exact) mass is 286 g/mol. The summed E-state index contributed by atoms with van der Waals surface area (Å²) in [5.41, 5.74) is 0.456. The van der Waals surface area contributed by atoms with Gasteiger partial charge in [-0.2, -0.15) is 0 Å². The smallest absolute Gasteiger partial charge is 0.410 e. The lowest BCUT2D eigenvalue weighted by Crippen LogP contribution is -2.22. The van der Waals surface area contributed by atoms with E-state index in [0.29, 0.717) is 17.2 Å². The average molecular weight is 286 g/mol. The molecule has 108 valence electrons. The molecule has 6 nitrogen and oxygen atoms in total. The Bertz CT molecular complexity index is 629. The Kier molecular flexibility index (Phi) is 4.76. The molecule has 2 amide bonds. The van der Waals surface area contributed by atoms with Gasteiger partial charge < -0.3 is 14.8 Å². The summed E-state index contributed by atoms with van der Waals surface area (Å²) in [6.45, 7) is 0. The van der Waals surface area contributed by atoms with Crippen LogP contribution in [-0.4, -0.2) is 19.2 Å². The maximum absolute atomic E-state index is 11.7. The molecule has 0 bridgehead atoms. The third-order valence-corrected chi connectivity index (χ3v) is 2.45. The molecule has 0 atom stereocenters. The lowest BCUT2D eigenvalue weighted by molar-refractivity contribution is 0.203. The highest BCUT2D eigenvalue weighted by molar-refractivity contribution is 5.86. The van der Waals surface area contributed by atoms with Crippen LogP contribution in [0.15, 0.2) is 54.6 Å². The summed E-state index contributed by atoms with van der Waals surface area (Å²) < 4.78 is 10.1. The molecule has 0 saturated heterocycles. The highest BCUT2D eigenvalue weighted by Gasteiger charge is 2.07. The Morgan fingerprint density at radius 1 is 0.857 bits per heavy atom. The molecular formula is C15H14N2O4. The number of carbonyl (C=O) groups is 2. The minimum Gasteiger partial charge on any atom is -0.410 e. The van der Waals surface area contributed by atoms with E-state index in [1.165, 1.54) is 13.1 Å². The fourth-order valence-electron chi connectivity index (χ4n) is 1.53. The highest BCUT2D eigenvalue weighted by atomic mass is 16.6. The predicted molar refractivity (Wildman–Crippen MR) is 77.6 cm³/mol. The molecule has 0 radical (unpaired) electrons. The van der Waals surface area contributed by atoms with E-state index in [9.17, 15) is 9.59 Å². The van der Waals surface area contributed by atoms with Gasteiger partial charge in [0.05, 0.1) is 0 Å². The van der Waals surface area contributed by atoms with Crippen molar-refractivity contribution in [3.05, 3.63) is 54.6 Å². The Labute approximate surface area is 121 Å². The number of benzene rings is 2. The first kappa shape index (κ1) is 14.4. The zero-order chi connectivity index (χ0) is 15.1. The molecule has 0 aromatic heterocycles. The summed E-state index contributed by atoms with van der Waals surface area (Å²) in [6, 6.07) is 15.1. The van der Waals surface area contributed by atoms with Crippen LogP contribution in [-0.2, 0) is 0 Å². The standard InChI is InChI=1S/C15H14N2O4/c1-16-14(18)21-13-9-5-6-11(10-13)17-15(19)20-12-7-3-2-4-8-12/h2-10H,1H3,(H,16,18)(H,17,19). The number of ether oxygens (including phenoxy) is 2. The molecule has 0 fully saturated rings. The topological polar surface area (TPSA) is 76.7 Å². The van der Waals surface area contributed by atoms with Gasteiger partial charge in [-0.15, -0.1) is 0 Å². The van der Waals surface area contributed by atoms with Gasteiger partial charge in [-0.1, -0.05) is 24.3 Å². The van der Waals surface area contributed by atoms with E-state index in [2.05, 4.69) is 10.6 Å². The van der Waals surface area contributed by atoms with Crippen molar-refractivity contribution in [2.45, 2.75) is 0 Å². The summed E-state index contributed by atoms with van der Waals surface area (Å²) in [4.78, 5) is 22.8. The molecule has 2 aromatic rings. The van der Waals surface area contributed by atoms with Crippen molar-refractivity contribution in [3.63, 3.8) is 0 Å². The van der Waals surface area contributed by atoms with E-state index < -0.39 is 12.2 Å². The first-order chi connectivity index (χ1) is 10.2. The number of hydrogen-bond donors (Lipinski definition) is 2. The van der Waals surface area contributed by atoms with Crippen molar-refractivity contribution in [2.24, 2.45) is 0 Å². The fraction of sp³-hybridized carbons (Fsp3) is 0.0667. The van der Waals surface area contributed by atoms with Crippen LogP contribution < -0.4 is 20.1 Å². The molecule has 2 N–H and O–H groups in total. The molecule has 6 heteroatoms. The van der Waals surface area contributed by atoms with Crippen LogP contribution in [0.25, 0.3) is 0 Å². The first-order valence-electron chi connectivity index (χ1n) is 6.21. The number of anilines is 1. The van der Waals surface area contributed by atoms with Crippen molar-refractivity contribution in [2.75, 3.05) is 12.4 Å². The van der Waals surface area contributed by atoms with Crippen molar-refractivity contribution < 1.29 is 19.1 Å². The van der Waals surface area contributed by atoms with E-state index in [0.717, 1.165) is 0 Å². The second-order valence-electron chi connectivity index (χ2n) is 3.99. The quantitative estimate of drug-likeness (QED) is 0.909. The molecule has 2 rings (SSSR count). The SMILES string of the molecule is CNC(=O)Oc1cccc(NC(=O)Oc2ccccc2)c1. The number of hydrogen-bond acceptors (Lipinski definition) is 4. The predicted octanol–water partition coefficient (Wildman–Crippen LogP) is 3.02. The molecule has 21 heavy (non-hydrogen) atoms. The minimum absolute atomic E-state index is 0.312. The second kappa shape index (κ2) is 6.95. The van der Waals surface area contributed by atoms with E-state index >= 15 is 0 Å². The van der Waals surface area contributed by atoms with Crippen LogP contribution in [0.2, 0.25) is 0 Å². The molecule has 2 aromatic carbocycles. The van der Waals surface area contributed by atoms with Gasteiger partial charge in [-0.25, -0.2) is 9.59 Å². The Balaban J connectivity index is 1.97. The van der Waals surface area contributed by atoms with Crippen molar-refractivity contribution in [1.82, 2.24) is 5.32 Å². The van der Waals surface area contributed by atoms with E-state index in [4.69, 9.17) is 9.47 Å². The molecule has 0 unspecified atom stereocenters. The Hall–Kier alpha value is -3.02. The number of amides is 2. The van der Waals surface area contributed by atoms with Crippen molar-refractivity contribution >= 4 is 17.9 Å². The van der Waals surface area contributed by atoms with Crippen LogP contribution in [0.5, 0.6) is 11.5 Å². The third kappa shape index (κ3) is 4.54. The lowest BCUT2D eigenvalue weighted by Gasteiger charge is -2.08. The van der Waals surface area contributed by atoms with Crippen LogP contribution in [0.4, 0.5) is 15.3 Å². The van der Waals surface area contributed by atoms with Gasteiger partial charge in [-0.3, -0.25) is 5.32 Å². The van der Waals surface area contributed by atoms with Crippen LogP contribution in [0.1, 0.15) is 0 Å². The number of carbonyl (C=O) groups excluding carboxylic acids is 2. The highest BCUT2D eigenvalue weighted by Crippen LogP contribution is 2.18. The normalized spacial score (nSPS) is 9.57. The number of para-hydroxylation sites is 1. The Morgan fingerprint density at radius 3 is 2.24 bits per heavy atom. The van der Waals surface area contributed by atoms with Gasteiger partial charge in [0.15, 0.2) is 0 Å². The van der Waals surface area contributed by atoms with E-state index in [1.807, 2.05) is 6.07 Å². The van der Waals surface area contributed by atoms with Crippen molar-refractivity contribution in [1.29, 1.82) is 0 Å². The lowest BCUT2D eigenvalue weighted by atomic mass is 10.3. The minimum atomic E-state index is -0.627. The fourth-order valence-corrected chi connectivity index (χ4v) is 1.53. The zero-order valence-electron chi connectivity index (χ0n) is 11.3.